The third-order valence-corrected chi connectivity index (χ3v) is 1.21. The zero-order valence-electron chi connectivity index (χ0n) is 6.52. The first-order chi connectivity index (χ1) is 4.27. The van der Waals surface area contributed by atoms with Crippen molar-refractivity contribution in [1.29, 1.82) is 0 Å². The first-order valence-corrected chi connectivity index (χ1v) is 4.41. The zero-order valence-corrected chi connectivity index (χ0v) is 8.11. The van der Waals surface area contributed by atoms with Gasteiger partial charge in [0.25, 0.3) is 0 Å². The van der Waals surface area contributed by atoms with E-state index in [1.807, 2.05) is 20.9 Å². The smallest absolute Gasteiger partial charge is 0.182 e. The first kappa shape index (κ1) is 12.2. The van der Waals surface area contributed by atoms with Gasteiger partial charge in [-0.2, -0.15) is 0 Å². The largest absolute Gasteiger partial charge is 0.356 e. The molecule has 1 nitrogen and oxygen atoms in total. The minimum absolute atomic E-state index is 0.964. The van der Waals surface area contributed by atoms with Crippen LogP contribution in [-0.4, -0.2) is 31.7 Å². The first-order valence-electron chi connectivity index (χ1n) is 3.29. The van der Waals surface area contributed by atoms with Crippen LogP contribution in [0.15, 0.2) is 0 Å². The molecule has 0 aromatic carbocycles. The molecule has 0 amide bonds. The monoisotopic (exact) mass is 191 g/mol. The van der Waals surface area contributed by atoms with Gasteiger partial charge in [-0.15, -0.1) is 0 Å². The van der Waals surface area contributed by atoms with Crippen LogP contribution in [0.5, 0.6) is 0 Å². The summed E-state index contributed by atoms with van der Waals surface area (Å²) in [6.45, 7) is 4.96. The molecular weight excluding hydrogens is 177 g/mol. The van der Waals surface area contributed by atoms with E-state index in [0.717, 1.165) is 18.3 Å². The van der Waals surface area contributed by atoms with Crippen molar-refractivity contribution in [3.8, 4) is 0 Å². The second-order valence-electron chi connectivity index (χ2n) is 1.52. The molecule has 0 heterocycles. The minimum Gasteiger partial charge on any atom is -0.356 e. The second-order valence-corrected chi connectivity index (χ2v) is 2.32. The topological polar surface area (TPSA) is 3.24 Å². The predicted octanol–water partition coefficient (Wildman–Crippen LogP) is 1.81. The van der Waals surface area contributed by atoms with Crippen LogP contribution >= 0.6 is 15.9 Å². The van der Waals surface area contributed by atoms with E-state index in [0.29, 0.717) is 0 Å². The Morgan fingerprint density at radius 1 is 1.44 bits per heavy atom. The molecule has 0 bridgehead atoms. The highest BCUT2D eigenvalue weighted by Gasteiger charge is 1.84. The van der Waals surface area contributed by atoms with Crippen molar-refractivity contribution in [2.45, 2.75) is 20.3 Å². The number of rotatable bonds is 3. The summed E-state index contributed by atoms with van der Waals surface area (Å²) < 4.78 is 0. The van der Waals surface area contributed by atoms with Crippen molar-refractivity contribution in [3.05, 3.63) is 0 Å². The molecule has 0 aliphatic rings. The molecule has 0 atom stereocenters. The summed E-state index contributed by atoms with van der Waals surface area (Å²) in [6, 6.07) is 0. The van der Waals surface area contributed by atoms with Crippen LogP contribution in [0.2, 0.25) is 0 Å². The number of hydrogen-bond donors (Lipinski definition) is 0. The Morgan fingerprint density at radius 2 is 1.89 bits per heavy atom. The van der Waals surface area contributed by atoms with Gasteiger partial charge < -0.3 is 4.81 Å². The Kier molecular flexibility index (Phi) is 15.4. The Morgan fingerprint density at radius 3 is 2.00 bits per heavy atom. The van der Waals surface area contributed by atoms with Crippen LogP contribution in [0.1, 0.15) is 20.3 Å². The van der Waals surface area contributed by atoms with Gasteiger partial charge in [0, 0.05) is 5.33 Å². The molecule has 0 rings (SSSR count). The fraction of sp³-hybridized carbons (Fsp3) is 1.00. The molecule has 0 aromatic heterocycles. The number of halogens is 1. The molecule has 3 heteroatoms. The van der Waals surface area contributed by atoms with Crippen molar-refractivity contribution >= 4 is 23.9 Å². The summed E-state index contributed by atoms with van der Waals surface area (Å²) >= 11 is 3.30. The molecule has 0 saturated carbocycles. The van der Waals surface area contributed by atoms with Crippen LogP contribution in [0.4, 0.5) is 0 Å². The van der Waals surface area contributed by atoms with E-state index in [2.05, 4.69) is 15.9 Å². The molecule has 0 spiro atoms. The van der Waals surface area contributed by atoms with E-state index < -0.39 is 0 Å². The highest BCUT2D eigenvalue weighted by atomic mass is 79.9. The maximum Gasteiger partial charge on any atom is 0.182 e. The normalized spacial score (nSPS) is 8.56. The molecule has 0 fully saturated rings. The van der Waals surface area contributed by atoms with Gasteiger partial charge in [0.15, 0.2) is 7.98 Å². The zero-order chi connectivity index (χ0) is 7.70. The van der Waals surface area contributed by atoms with Crippen molar-refractivity contribution in [1.82, 2.24) is 4.81 Å². The van der Waals surface area contributed by atoms with Gasteiger partial charge in [-0.1, -0.05) is 29.8 Å². The van der Waals surface area contributed by atoms with Crippen molar-refractivity contribution in [2.75, 3.05) is 18.9 Å². The van der Waals surface area contributed by atoms with Gasteiger partial charge in [-0.25, -0.2) is 0 Å². The molecule has 0 unspecified atom stereocenters. The van der Waals surface area contributed by atoms with Gasteiger partial charge in [0.05, 0.1) is 0 Å². The van der Waals surface area contributed by atoms with E-state index in [-0.39, 0.29) is 0 Å². The van der Waals surface area contributed by atoms with Crippen LogP contribution in [0, 0.1) is 0 Å². The van der Waals surface area contributed by atoms with Crippen LogP contribution < -0.4 is 0 Å². The van der Waals surface area contributed by atoms with Crippen LogP contribution in [0.25, 0.3) is 0 Å². The van der Waals surface area contributed by atoms with Gasteiger partial charge in [0.2, 0.25) is 0 Å². The summed E-state index contributed by atoms with van der Waals surface area (Å²) in [5.74, 6) is 0. The maximum absolute atomic E-state index is 5.29. The molecule has 9 heavy (non-hydrogen) atoms. The van der Waals surface area contributed by atoms with Gasteiger partial charge in [0.1, 0.15) is 0 Å². The lowest BCUT2D eigenvalue weighted by atomic mass is 10.3. The standard InChI is InChI=1S/C4H9BBrN.C2H6/c1-7(5)4-2-3-6;1-2/h2-4H2,1H3;1-2H3. The van der Waals surface area contributed by atoms with E-state index in [1.165, 1.54) is 0 Å². The molecule has 0 saturated heterocycles. The molecule has 2 radical (unpaired) electrons. The highest BCUT2D eigenvalue weighted by Crippen LogP contribution is 1.86. The van der Waals surface area contributed by atoms with Gasteiger partial charge in [-0.05, 0) is 20.0 Å². The third kappa shape index (κ3) is 17.7. The maximum atomic E-state index is 5.29. The average molecular weight is 192 g/mol. The fourth-order valence-corrected chi connectivity index (χ4v) is 0.560. The van der Waals surface area contributed by atoms with Crippen LogP contribution in [0.3, 0.4) is 0 Å². The lowest BCUT2D eigenvalue weighted by molar-refractivity contribution is 0.544. The molecule has 54 valence electrons. The van der Waals surface area contributed by atoms with Crippen molar-refractivity contribution in [2.24, 2.45) is 0 Å². The fourth-order valence-electron chi connectivity index (χ4n) is 0.309. The van der Waals surface area contributed by atoms with Crippen molar-refractivity contribution < 1.29 is 0 Å². The molecular formula is C6H15BBrN. The van der Waals surface area contributed by atoms with Crippen LogP contribution in [-0.2, 0) is 0 Å². The highest BCUT2D eigenvalue weighted by molar-refractivity contribution is 9.09. The SMILES string of the molecule is CC.[B]N(C)CCCBr. The van der Waals surface area contributed by atoms with E-state index in [1.54, 1.807) is 4.81 Å². The summed E-state index contributed by atoms with van der Waals surface area (Å²) in [7, 11) is 7.15. The predicted molar refractivity (Wildman–Crippen MR) is 48.1 cm³/mol. The Hall–Kier alpha value is 0.505. The second kappa shape index (κ2) is 11.3. The van der Waals surface area contributed by atoms with E-state index in [9.17, 15) is 0 Å². The summed E-state index contributed by atoms with van der Waals surface area (Å²) in [5.41, 5.74) is 0. The van der Waals surface area contributed by atoms with Gasteiger partial charge >= 0.3 is 0 Å². The Labute approximate surface area is 68.4 Å². The number of alkyl halides is 1. The lowest BCUT2D eigenvalue weighted by Crippen LogP contribution is -2.14. The summed E-state index contributed by atoms with van der Waals surface area (Å²) in [6.07, 6.45) is 1.12. The Bertz CT molecular complexity index is 42.0. The quantitative estimate of drug-likeness (QED) is 0.486. The lowest BCUT2D eigenvalue weighted by Gasteiger charge is -2.05. The summed E-state index contributed by atoms with van der Waals surface area (Å²) in [4.78, 5) is 1.68. The minimum atomic E-state index is 0.964. The Balaban J connectivity index is 0. The van der Waals surface area contributed by atoms with Gasteiger partial charge in [-0.3, -0.25) is 0 Å². The number of hydrogen-bond acceptors (Lipinski definition) is 1. The van der Waals surface area contributed by atoms with Crippen molar-refractivity contribution in [3.63, 3.8) is 0 Å². The third-order valence-electron chi connectivity index (χ3n) is 0.644. The number of nitrogens with zero attached hydrogens (tertiary/aromatic N) is 1. The molecule has 0 aromatic rings. The van der Waals surface area contributed by atoms with E-state index >= 15 is 0 Å². The summed E-state index contributed by atoms with van der Waals surface area (Å²) in [5, 5.41) is 1.04. The molecule has 0 aliphatic carbocycles. The average Bonchev–Trinajstić information content (AvgIpc) is 1.88. The molecule has 0 aliphatic heterocycles. The molecule has 0 N–H and O–H groups in total. The van der Waals surface area contributed by atoms with E-state index in [4.69, 9.17) is 7.98 Å².